The average Bonchev–Trinajstić information content (AvgIpc) is 3.37. The molecule has 0 spiro atoms. The highest BCUT2D eigenvalue weighted by Gasteiger charge is 2.24. The first kappa shape index (κ1) is 17.5. The van der Waals surface area contributed by atoms with Crippen LogP contribution in [0.1, 0.15) is 10.4 Å². The molecular formula is C20H20N6S2. The molecule has 4 aromatic heterocycles. The number of aryl methyl sites for hydroxylation is 2. The molecule has 0 N–H and O–H groups in total. The van der Waals surface area contributed by atoms with Crippen molar-refractivity contribution in [3.05, 3.63) is 46.5 Å². The molecule has 0 radical (unpaired) electrons. The second-order valence-corrected chi connectivity index (χ2v) is 9.00. The maximum absolute atomic E-state index is 5.02. The Hall–Kier alpha value is -2.58. The summed E-state index contributed by atoms with van der Waals surface area (Å²) in [6, 6.07) is 4.15. The quantitative estimate of drug-likeness (QED) is 0.507. The van der Waals surface area contributed by atoms with E-state index in [-0.39, 0.29) is 0 Å². The number of hydrogen-bond donors (Lipinski definition) is 0. The summed E-state index contributed by atoms with van der Waals surface area (Å²) in [5.41, 5.74) is 1.30. The SMILES string of the molecule is Cc1sc2nc(-c3cccs3)nc(N3CCN(c4cnccn4)CC3)c2c1C. The molecule has 0 bridgehead atoms. The van der Waals surface area contributed by atoms with Crippen LogP contribution < -0.4 is 9.80 Å². The van der Waals surface area contributed by atoms with Crippen LogP contribution in [0, 0.1) is 13.8 Å². The van der Waals surface area contributed by atoms with Crippen LogP contribution in [0.2, 0.25) is 0 Å². The third-order valence-corrected chi connectivity index (χ3v) is 7.17. The Labute approximate surface area is 171 Å². The maximum Gasteiger partial charge on any atom is 0.173 e. The molecule has 142 valence electrons. The summed E-state index contributed by atoms with van der Waals surface area (Å²) < 4.78 is 0. The molecule has 0 aromatic carbocycles. The highest BCUT2D eigenvalue weighted by atomic mass is 32.1. The lowest BCUT2D eigenvalue weighted by molar-refractivity contribution is 0.642. The van der Waals surface area contributed by atoms with Crippen LogP contribution in [-0.4, -0.2) is 46.1 Å². The van der Waals surface area contributed by atoms with Gasteiger partial charge in [0, 0.05) is 43.4 Å². The zero-order chi connectivity index (χ0) is 19.1. The summed E-state index contributed by atoms with van der Waals surface area (Å²) in [7, 11) is 0. The van der Waals surface area contributed by atoms with Crippen LogP contribution in [0.3, 0.4) is 0 Å². The predicted molar refractivity (Wildman–Crippen MR) is 117 cm³/mol. The topological polar surface area (TPSA) is 58.0 Å². The van der Waals surface area contributed by atoms with E-state index in [2.05, 4.69) is 51.1 Å². The molecule has 8 heteroatoms. The number of fused-ring (bicyclic) bond motifs is 1. The van der Waals surface area contributed by atoms with Gasteiger partial charge in [0.15, 0.2) is 5.82 Å². The van der Waals surface area contributed by atoms with Gasteiger partial charge in [-0.2, -0.15) is 0 Å². The number of thiophene rings is 2. The molecule has 0 saturated carbocycles. The summed E-state index contributed by atoms with van der Waals surface area (Å²) in [6.07, 6.45) is 5.30. The van der Waals surface area contributed by atoms with Gasteiger partial charge in [-0.3, -0.25) is 4.98 Å². The Morgan fingerprint density at radius 2 is 1.82 bits per heavy atom. The van der Waals surface area contributed by atoms with E-state index in [1.807, 2.05) is 6.20 Å². The molecule has 0 atom stereocenters. The molecule has 4 aromatic rings. The first-order chi connectivity index (χ1) is 13.7. The first-order valence-electron chi connectivity index (χ1n) is 9.28. The van der Waals surface area contributed by atoms with Crippen molar-refractivity contribution in [1.82, 2.24) is 19.9 Å². The Morgan fingerprint density at radius 3 is 2.54 bits per heavy atom. The number of piperazine rings is 1. The third-order valence-electron chi connectivity index (χ3n) is 5.20. The fourth-order valence-corrected chi connectivity index (χ4v) is 5.26. The minimum absolute atomic E-state index is 0.829. The molecule has 6 nitrogen and oxygen atoms in total. The highest BCUT2D eigenvalue weighted by molar-refractivity contribution is 7.19. The van der Waals surface area contributed by atoms with Crippen molar-refractivity contribution in [3.63, 3.8) is 0 Å². The fraction of sp³-hybridized carbons (Fsp3) is 0.300. The van der Waals surface area contributed by atoms with E-state index < -0.39 is 0 Å². The van der Waals surface area contributed by atoms with E-state index >= 15 is 0 Å². The summed E-state index contributed by atoms with van der Waals surface area (Å²) in [5, 5.41) is 3.28. The molecule has 1 saturated heterocycles. The Kier molecular flexibility index (Phi) is 4.44. The lowest BCUT2D eigenvalue weighted by Crippen LogP contribution is -2.47. The molecule has 28 heavy (non-hydrogen) atoms. The van der Waals surface area contributed by atoms with Crippen LogP contribution in [-0.2, 0) is 0 Å². The molecule has 1 fully saturated rings. The summed E-state index contributed by atoms with van der Waals surface area (Å²) in [5.74, 6) is 2.83. The van der Waals surface area contributed by atoms with Gasteiger partial charge in [-0.05, 0) is 30.9 Å². The van der Waals surface area contributed by atoms with E-state index in [9.17, 15) is 0 Å². The average molecular weight is 409 g/mol. The third kappa shape index (κ3) is 3.02. The van der Waals surface area contributed by atoms with Gasteiger partial charge in [0.25, 0.3) is 0 Å². The zero-order valence-corrected chi connectivity index (χ0v) is 17.4. The minimum atomic E-state index is 0.829. The van der Waals surface area contributed by atoms with Gasteiger partial charge in [0.05, 0.1) is 16.5 Å². The number of aromatic nitrogens is 4. The van der Waals surface area contributed by atoms with E-state index in [1.54, 1.807) is 35.1 Å². The van der Waals surface area contributed by atoms with Crippen molar-refractivity contribution in [2.24, 2.45) is 0 Å². The molecule has 0 amide bonds. The second kappa shape index (κ2) is 7.10. The van der Waals surface area contributed by atoms with E-state index in [0.717, 1.165) is 53.3 Å². The van der Waals surface area contributed by atoms with Gasteiger partial charge in [-0.15, -0.1) is 22.7 Å². The van der Waals surface area contributed by atoms with Crippen molar-refractivity contribution in [2.45, 2.75) is 13.8 Å². The lowest BCUT2D eigenvalue weighted by Gasteiger charge is -2.36. The number of rotatable bonds is 3. The van der Waals surface area contributed by atoms with Crippen molar-refractivity contribution in [2.75, 3.05) is 36.0 Å². The second-order valence-electron chi connectivity index (χ2n) is 6.85. The maximum atomic E-state index is 5.02. The van der Waals surface area contributed by atoms with E-state index in [4.69, 9.17) is 9.97 Å². The Morgan fingerprint density at radius 1 is 1.00 bits per heavy atom. The van der Waals surface area contributed by atoms with Gasteiger partial charge >= 0.3 is 0 Å². The minimum Gasteiger partial charge on any atom is -0.352 e. The van der Waals surface area contributed by atoms with Crippen LogP contribution in [0.25, 0.3) is 20.9 Å². The van der Waals surface area contributed by atoms with E-state index in [0.29, 0.717) is 0 Å². The van der Waals surface area contributed by atoms with Crippen molar-refractivity contribution in [1.29, 1.82) is 0 Å². The normalized spacial score (nSPS) is 14.8. The Balaban J connectivity index is 1.51. The molecular weight excluding hydrogens is 388 g/mol. The predicted octanol–water partition coefficient (Wildman–Crippen LogP) is 4.15. The van der Waals surface area contributed by atoms with Gasteiger partial charge in [-0.1, -0.05) is 6.07 Å². The summed E-state index contributed by atoms with van der Waals surface area (Å²) in [6.45, 7) is 7.97. The first-order valence-corrected chi connectivity index (χ1v) is 11.0. The molecule has 0 unspecified atom stereocenters. The molecule has 1 aliphatic rings. The van der Waals surface area contributed by atoms with Crippen LogP contribution in [0.5, 0.6) is 0 Å². The summed E-state index contributed by atoms with van der Waals surface area (Å²) >= 11 is 3.45. The largest absolute Gasteiger partial charge is 0.352 e. The molecule has 5 rings (SSSR count). The van der Waals surface area contributed by atoms with Crippen molar-refractivity contribution in [3.8, 4) is 10.7 Å². The number of anilines is 2. The zero-order valence-electron chi connectivity index (χ0n) is 15.8. The van der Waals surface area contributed by atoms with Crippen LogP contribution >= 0.6 is 22.7 Å². The highest BCUT2D eigenvalue weighted by Crippen LogP contribution is 2.37. The van der Waals surface area contributed by atoms with Crippen LogP contribution in [0.4, 0.5) is 11.6 Å². The summed E-state index contributed by atoms with van der Waals surface area (Å²) in [4.78, 5) is 26.7. The van der Waals surface area contributed by atoms with Gasteiger partial charge < -0.3 is 9.80 Å². The monoisotopic (exact) mass is 408 g/mol. The standard InChI is InChI=1S/C20H20N6S2/c1-13-14(2)28-20-17(13)19(23-18(24-20)15-4-3-11-27-15)26-9-7-25(8-10-26)16-12-21-5-6-22-16/h3-6,11-12H,7-10H2,1-2H3. The molecule has 0 aliphatic carbocycles. The van der Waals surface area contributed by atoms with Gasteiger partial charge in [0.1, 0.15) is 16.5 Å². The van der Waals surface area contributed by atoms with Crippen LogP contribution in [0.15, 0.2) is 36.1 Å². The fourth-order valence-electron chi connectivity index (χ4n) is 3.58. The van der Waals surface area contributed by atoms with Crippen molar-refractivity contribution < 1.29 is 0 Å². The van der Waals surface area contributed by atoms with Gasteiger partial charge in [0.2, 0.25) is 0 Å². The number of nitrogens with zero attached hydrogens (tertiary/aromatic N) is 6. The van der Waals surface area contributed by atoms with Crippen molar-refractivity contribution >= 4 is 44.5 Å². The molecule has 5 heterocycles. The lowest BCUT2D eigenvalue weighted by atomic mass is 10.2. The Bertz CT molecular complexity index is 1100. The smallest absolute Gasteiger partial charge is 0.173 e. The van der Waals surface area contributed by atoms with Gasteiger partial charge in [-0.25, -0.2) is 15.0 Å². The molecule has 1 aliphatic heterocycles. The van der Waals surface area contributed by atoms with E-state index in [1.165, 1.54) is 15.8 Å². The number of hydrogen-bond acceptors (Lipinski definition) is 8.